The van der Waals surface area contributed by atoms with Gasteiger partial charge in [-0.2, -0.15) is 0 Å². The molecule has 0 aliphatic rings. The summed E-state index contributed by atoms with van der Waals surface area (Å²) in [5.74, 6) is 1.34. The molecule has 0 amide bonds. The van der Waals surface area contributed by atoms with Crippen LogP contribution in [0.1, 0.15) is 33.1 Å². The van der Waals surface area contributed by atoms with Gasteiger partial charge in [0.2, 0.25) is 0 Å². The Labute approximate surface area is 102 Å². The molecule has 0 heterocycles. The minimum Gasteiger partial charge on any atom is -0.462 e. The Kier molecular flexibility index (Phi) is 7.53. The molecule has 4 heteroatoms. The molecule has 17 heavy (non-hydrogen) atoms. The number of ether oxygens (including phenoxy) is 2. The third kappa shape index (κ3) is 8.09. The number of hydrogen-bond acceptors (Lipinski definition) is 4. The van der Waals surface area contributed by atoms with Crippen LogP contribution in [0.4, 0.5) is 0 Å². The number of hydrogen-bond donors (Lipinski definition) is 0. The molecule has 0 bridgehead atoms. The van der Waals surface area contributed by atoms with Crippen molar-refractivity contribution in [2.75, 3.05) is 0 Å². The fourth-order valence-electron chi connectivity index (χ4n) is 1.06. The van der Waals surface area contributed by atoms with Crippen LogP contribution in [0.3, 0.4) is 0 Å². The van der Waals surface area contributed by atoms with Crippen molar-refractivity contribution >= 4 is 11.9 Å². The third-order valence-corrected chi connectivity index (χ3v) is 1.91. The topological polar surface area (TPSA) is 52.6 Å². The van der Waals surface area contributed by atoms with E-state index in [2.05, 4.69) is 12.5 Å². The highest BCUT2D eigenvalue weighted by molar-refractivity contribution is 5.77. The van der Waals surface area contributed by atoms with Crippen LogP contribution in [0.25, 0.3) is 0 Å². The summed E-state index contributed by atoms with van der Waals surface area (Å²) < 4.78 is 9.82. The molecule has 0 aromatic rings. The van der Waals surface area contributed by atoms with Crippen molar-refractivity contribution in [1.82, 2.24) is 0 Å². The van der Waals surface area contributed by atoms with Gasteiger partial charge < -0.3 is 9.47 Å². The Morgan fingerprint density at radius 2 is 1.82 bits per heavy atom. The van der Waals surface area contributed by atoms with Gasteiger partial charge in [0.25, 0.3) is 0 Å². The summed E-state index contributed by atoms with van der Waals surface area (Å²) in [5, 5.41) is 0. The van der Waals surface area contributed by atoms with Gasteiger partial charge in [0.05, 0.1) is 12.8 Å². The van der Waals surface area contributed by atoms with Crippen LogP contribution in [0.15, 0.2) is 12.7 Å². The largest absolute Gasteiger partial charge is 0.462 e. The first kappa shape index (κ1) is 15.2. The molecule has 0 N–H and O–H groups in total. The van der Waals surface area contributed by atoms with Crippen molar-refractivity contribution in [3.63, 3.8) is 0 Å². The summed E-state index contributed by atoms with van der Waals surface area (Å²) in [7, 11) is 0. The first-order valence-electron chi connectivity index (χ1n) is 5.45. The minimum absolute atomic E-state index is 0.00237. The first-order chi connectivity index (χ1) is 7.99. The molecule has 0 aromatic heterocycles. The molecule has 0 fully saturated rings. The summed E-state index contributed by atoms with van der Waals surface area (Å²) in [4.78, 5) is 22.5. The van der Waals surface area contributed by atoms with Crippen LogP contribution >= 0.6 is 0 Å². The number of carbonyl (C=O) groups excluding carboxylic acids is 2. The standard InChI is InChI=1S/C13H18O4/c1-5-7-11(4)17-13(15)9-8-12(14)16-10(3)6-2/h2,5,10-11H,1,7-9H2,3-4H3. The van der Waals surface area contributed by atoms with Crippen molar-refractivity contribution in [2.45, 2.75) is 45.3 Å². The molecule has 4 nitrogen and oxygen atoms in total. The number of carbonyl (C=O) groups is 2. The summed E-state index contributed by atoms with van der Waals surface area (Å²) in [6, 6.07) is 0. The van der Waals surface area contributed by atoms with Crippen LogP contribution in [0.5, 0.6) is 0 Å². The minimum atomic E-state index is -0.571. The van der Waals surface area contributed by atoms with Gasteiger partial charge in [-0.15, -0.1) is 13.0 Å². The van der Waals surface area contributed by atoms with Gasteiger partial charge >= 0.3 is 11.9 Å². The van der Waals surface area contributed by atoms with Crippen LogP contribution in [-0.4, -0.2) is 24.1 Å². The Hall–Kier alpha value is -1.76. The Morgan fingerprint density at radius 3 is 2.29 bits per heavy atom. The van der Waals surface area contributed by atoms with E-state index < -0.39 is 18.0 Å². The average molecular weight is 238 g/mol. The molecular formula is C13H18O4. The zero-order chi connectivity index (χ0) is 13.3. The SMILES string of the molecule is C#CC(C)OC(=O)CCC(=O)OC(C)CC=C. The van der Waals surface area contributed by atoms with E-state index in [9.17, 15) is 9.59 Å². The molecule has 0 aliphatic heterocycles. The second-order valence-electron chi connectivity index (χ2n) is 3.62. The summed E-state index contributed by atoms with van der Waals surface area (Å²) in [6.45, 7) is 6.89. The van der Waals surface area contributed by atoms with Crippen LogP contribution in [0, 0.1) is 12.3 Å². The second kappa shape index (κ2) is 8.40. The van der Waals surface area contributed by atoms with E-state index >= 15 is 0 Å². The van der Waals surface area contributed by atoms with Gasteiger partial charge in [0.15, 0.2) is 6.10 Å². The van der Waals surface area contributed by atoms with Crippen LogP contribution < -0.4 is 0 Å². The van der Waals surface area contributed by atoms with E-state index in [1.54, 1.807) is 19.9 Å². The highest BCUT2D eigenvalue weighted by Crippen LogP contribution is 2.03. The number of rotatable bonds is 7. The lowest BCUT2D eigenvalue weighted by Gasteiger charge is -2.11. The number of terminal acetylenes is 1. The zero-order valence-electron chi connectivity index (χ0n) is 10.3. The van der Waals surface area contributed by atoms with Crippen molar-refractivity contribution < 1.29 is 19.1 Å². The Morgan fingerprint density at radius 1 is 1.29 bits per heavy atom. The average Bonchev–Trinajstić information content (AvgIpc) is 2.26. The summed E-state index contributed by atoms with van der Waals surface area (Å²) >= 11 is 0. The fraction of sp³-hybridized carbons (Fsp3) is 0.538. The maximum atomic E-state index is 11.3. The molecule has 2 atom stereocenters. The third-order valence-electron chi connectivity index (χ3n) is 1.91. The highest BCUT2D eigenvalue weighted by Gasteiger charge is 2.13. The van der Waals surface area contributed by atoms with Crippen molar-refractivity contribution in [2.24, 2.45) is 0 Å². The number of esters is 2. The molecule has 0 saturated heterocycles. The zero-order valence-corrected chi connectivity index (χ0v) is 10.3. The van der Waals surface area contributed by atoms with E-state index in [1.807, 2.05) is 0 Å². The molecule has 2 unspecified atom stereocenters. The summed E-state index contributed by atoms with van der Waals surface area (Å²) in [5.41, 5.74) is 0. The van der Waals surface area contributed by atoms with Gasteiger partial charge in [-0.25, -0.2) is 0 Å². The second-order valence-corrected chi connectivity index (χ2v) is 3.62. The fourth-order valence-corrected chi connectivity index (χ4v) is 1.06. The lowest BCUT2D eigenvalue weighted by Crippen LogP contribution is -2.17. The van der Waals surface area contributed by atoms with Gasteiger partial charge in [-0.05, 0) is 13.8 Å². The quantitative estimate of drug-likeness (QED) is 0.386. The predicted octanol–water partition coefficient (Wildman–Crippen LogP) is 1.84. The lowest BCUT2D eigenvalue weighted by atomic mass is 10.2. The Balaban J connectivity index is 3.81. The smallest absolute Gasteiger partial charge is 0.307 e. The molecule has 0 rings (SSSR count). The monoisotopic (exact) mass is 238 g/mol. The van der Waals surface area contributed by atoms with Gasteiger partial charge in [0, 0.05) is 6.42 Å². The normalized spacial score (nSPS) is 13.0. The maximum absolute atomic E-state index is 11.3. The molecule has 0 aromatic carbocycles. The van der Waals surface area contributed by atoms with Gasteiger partial charge in [0.1, 0.15) is 6.10 Å². The predicted molar refractivity (Wildman–Crippen MR) is 64.0 cm³/mol. The molecular weight excluding hydrogens is 220 g/mol. The van der Waals surface area contributed by atoms with E-state index in [1.165, 1.54) is 0 Å². The highest BCUT2D eigenvalue weighted by atomic mass is 16.5. The lowest BCUT2D eigenvalue weighted by molar-refractivity contribution is -0.153. The molecule has 0 saturated carbocycles. The van der Waals surface area contributed by atoms with Crippen molar-refractivity contribution in [3.8, 4) is 12.3 Å². The molecule has 94 valence electrons. The molecule has 0 spiro atoms. The molecule has 0 aliphatic carbocycles. The van der Waals surface area contributed by atoms with Crippen LogP contribution in [-0.2, 0) is 19.1 Å². The van der Waals surface area contributed by atoms with Crippen molar-refractivity contribution in [1.29, 1.82) is 0 Å². The summed E-state index contributed by atoms with van der Waals surface area (Å²) in [6.07, 6.45) is 6.49. The molecule has 0 radical (unpaired) electrons. The van der Waals surface area contributed by atoms with E-state index in [0.717, 1.165) is 0 Å². The van der Waals surface area contributed by atoms with Gasteiger partial charge in [-0.3, -0.25) is 9.59 Å². The maximum Gasteiger partial charge on any atom is 0.307 e. The van der Waals surface area contributed by atoms with E-state index in [4.69, 9.17) is 15.9 Å². The van der Waals surface area contributed by atoms with Gasteiger partial charge in [-0.1, -0.05) is 12.0 Å². The van der Waals surface area contributed by atoms with E-state index in [0.29, 0.717) is 6.42 Å². The van der Waals surface area contributed by atoms with Crippen molar-refractivity contribution in [3.05, 3.63) is 12.7 Å². The Bertz CT molecular complexity index is 314. The van der Waals surface area contributed by atoms with E-state index in [-0.39, 0.29) is 18.9 Å². The first-order valence-corrected chi connectivity index (χ1v) is 5.45. The van der Waals surface area contributed by atoms with Crippen LogP contribution in [0.2, 0.25) is 0 Å².